The number of ether oxygens (including phenoxy) is 2. The van der Waals surface area contributed by atoms with E-state index in [2.05, 4.69) is 4.72 Å². The van der Waals surface area contributed by atoms with Crippen molar-refractivity contribution in [3.05, 3.63) is 18.2 Å². The molecule has 2 N–H and O–H groups in total. The minimum absolute atomic E-state index is 0.0441. The van der Waals surface area contributed by atoms with E-state index in [1.54, 1.807) is 13.0 Å². The van der Waals surface area contributed by atoms with Crippen LogP contribution >= 0.6 is 0 Å². The van der Waals surface area contributed by atoms with Crippen molar-refractivity contribution in [3.63, 3.8) is 0 Å². The summed E-state index contributed by atoms with van der Waals surface area (Å²) < 4.78 is 37.1. The largest absolute Gasteiger partial charge is 0.493 e. The van der Waals surface area contributed by atoms with Gasteiger partial charge in [-0.05, 0) is 31.9 Å². The Morgan fingerprint density at radius 3 is 2.45 bits per heavy atom. The molecule has 0 aliphatic heterocycles. The normalized spacial score (nSPS) is 13.0. The molecule has 0 spiro atoms. The number of sulfonamides is 1. The summed E-state index contributed by atoms with van der Waals surface area (Å²) >= 11 is 0. The van der Waals surface area contributed by atoms with Gasteiger partial charge in [0.15, 0.2) is 11.5 Å². The van der Waals surface area contributed by atoms with Crippen molar-refractivity contribution in [1.82, 2.24) is 4.72 Å². The van der Waals surface area contributed by atoms with Crippen LogP contribution in [0.5, 0.6) is 11.5 Å². The Balaban J connectivity index is 2.92. The number of aliphatic hydroxyl groups is 1. The molecule has 0 saturated heterocycles. The maximum absolute atomic E-state index is 12.2. The Morgan fingerprint density at radius 2 is 1.90 bits per heavy atom. The summed E-state index contributed by atoms with van der Waals surface area (Å²) in [7, 11) is -0.677. The zero-order valence-electron chi connectivity index (χ0n) is 11.9. The van der Waals surface area contributed by atoms with Crippen molar-refractivity contribution in [2.24, 2.45) is 0 Å². The Labute approximate surface area is 119 Å². The third kappa shape index (κ3) is 4.36. The van der Waals surface area contributed by atoms with E-state index in [0.717, 1.165) is 0 Å². The molecule has 0 heterocycles. The van der Waals surface area contributed by atoms with E-state index < -0.39 is 10.0 Å². The molecule has 0 fully saturated rings. The molecule has 0 aromatic heterocycles. The molecule has 0 bridgehead atoms. The van der Waals surface area contributed by atoms with Crippen LogP contribution in [0.15, 0.2) is 23.1 Å². The molecular formula is C13H21NO5S. The fraction of sp³-hybridized carbons (Fsp3) is 0.538. The predicted molar refractivity (Wildman–Crippen MR) is 75.6 cm³/mol. The summed E-state index contributed by atoms with van der Waals surface area (Å²) in [5, 5.41) is 8.75. The van der Waals surface area contributed by atoms with Crippen LogP contribution in [0.3, 0.4) is 0 Å². The third-order valence-electron chi connectivity index (χ3n) is 2.82. The zero-order chi connectivity index (χ0) is 15.2. The van der Waals surface area contributed by atoms with Crippen molar-refractivity contribution in [2.75, 3.05) is 20.8 Å². The molecule has 1 aromatic carbocycles. The molecule has 114 valence electrons. The van der Waals surface area contributed by atoms with E-state index in [0.29, 0.717) is 24.3 Å². The first-order valence-electron chi connectivity index (χ1n) is 6.29. The highest BCUT2D eigenvalue weighted by Crippen LogP contribution is 2.29. The van der Waals surface area contributed by atoms with Gasteiger partial charge < -0.3 is 14.6 Å². The average Bonchev–Trinajstić information content (AvgIpc) is 2.43. The minimum atomic E-state index is -3.61. The molecular weight excluding hydrogens is 282 g/mol. The number of hydrogen-bond acceptors (Lipinski definition) is 5. The highest BCUT2D eigenvalue weighted by atomic mass is 32.2. The van der Waals surface area contributed by atoms with Crippen molar-refractivity contribution >= 4 is 10.0 Å². The minimum Gasteiger partial charge on any atom is -0.493 e. The summed E-state index contributed by atoms with van der Waals surface area (Å²) in [6, 6.07) is 4.17. The van der Waals surface area contributed by atoms with Gasteiger partial charge in [-0.3, -0.25) is 0 Å². The van der Waals surface area contributed by atoms with E-state index in [9.17, 15) is 8.42 Å². The van der Waals surface area contributed by atoms with Crippen molar-refractivity contribution in [1.29, 1.82) is 0 Å². The summed E-state index contributed by atoms with van der Waals surface area (Å²) in [6.07, 6.45) is 1.12. The van der Waals surface area contributed by atoms with Crippen LogP contribution < -0.4 is 14.2 Å². The molecule has 6 nitrogen and oxygen atoms in total. The molecule has 0 aliphatic rings. The SMILES string of the molecule is COc1ccc(S(=O)(=O)NC(C)CCCO)cc1OC. The lowest BCUT2D eigenvalue weighted by molar-refractivity contribution is 0.279. The van der Waals surface area contributed by atoms with E-state index >= 15 is 0 Å². The topological polar surface area (TPSA) is 84.9 Å². The molecule has 0 saturated carbocycles. The predicted octanol–water partition coefficient (Wildman–Crippen LogP) is 1.14. The second kappa shape index (κ2) is 7.47. The van der Waals surface area contributed by atoms with Gasteiger partial charge in [-0.15, -0.1) is 0 Å². The number of hydrogen-bond donors (Lipinski definition) is 2. The summed E-state index contributed by atoms with van der Waals surface area (Å²) in [5.41, 5.74) is 0. The Morgan fingerprint density at radius 1 is 1.25 bits per heavy atom. The highest BCUT2D eigenvalue weighted by Gasteiger charge is 2.19. The van der Waals surface area contributed by atoms with E-state index in [1.807, 2.05) is 0 Å². The number of rotatable bonds is 8. The molecule has 0 aliphatic carbocycles. The maximum atomic E-state index is 12.2. The molecule has 1 atom stereocenters. The molecule has 20 heavy (non-hydrogen) atoms. The first-order valence-corrected chi connectivity index (χ1v) is 7.78. The lowest BCUT2D eigenvalue weighted by atomic mass is 10.2. The van der Waals surface area contributed by atoms with Gasteiger partial charge in [0.2, 0.25) is 10.0 Å². The van der Waals surface area contributed by atoms with E-state index in [-0.39, 0.29) is 17.5 Å². The van der Waals surface area contributed by atoms with Gasteiger partial charge in [0.25, 0.3) is 0 Å². The lowest BCUT2D eigenvalue weighted by Gasteiger charge is -2.15. The molecule has 1 rings (SSSR count). The second-order valence-electron chi connectivity index (χ2n) is 4.40. The standard InChI is InChI=1S/C13H21NO5S/c1-10(5-4-8-15)14-20(16,17)11-6-7-12(18-2)13(9-11)19-3/h6-7,9-10,14-15H,4-5,8H2,1-3H3. The third-order valence-corrected chi connectivity index (χ3v) is 4.40. The summed E-state index contributed by atoms with van der Waals surface area (Å²) in [5.74, 6) is 0.832. The van der Waals surface area contributed by atoms with Gasteiger partial charge >= 0.3 is 0 Å². The van der Waals surface area contributed by atoms with Gasteiger partial charge in [-0.25, -0.2) is 13.1 Å². The van der Waals surface area contributed by atoms with Gasteiger partial charge in [0.1, 0.15) is 0 Å². The Kier molecular flexibility index (Phi) is 6.25. The molecule has 1 unspecified atom stereocenters. The molecule has 0 radical (unpaired) electrons. The van der Waals surface area contributed by atoms with Crippen molar-refractivity contribution in [3.8, 4) is 11.5 Å². The van der Waals surface area contributed by atoms with Crippen molar-refractivity contribution in [2.45, 2.75) is 30.7 Å². The molecule has 0 amide bonds. The quantitative estimate of drug-likeness (QED) is 0.752. The first-order chi connectivity index (χ1) is 9.44. The van der Waals surface area contributed by atoms with Crippen LogP contribution in [-0.4, -0.2) is 40.4 Å². The van der Waals surface area contributed by atoms with E-state index in [1.165, 1.54) is 26.4 Å². The van der Waals surface area contributed by atoms with Crippen LogP contribution in [-0.2, 0) is 10.0 Å². The van der Waals surface area contributed by atoms with Gasteiger partial charge in [0, 0.05) is 18.7 Å². The van der Waals surface area contributed by atoms with E-state index in [4.69, 9.17) is 14.6 Å². The Hall–Kier alpha value is -1.31. The van der Waals surface area contributed by atoms with Crippen LogP contribution in [0.25, 0.3) is 0 Å². The lowest BCUT2D eigenvalue weighted by Crippen LogP contribution is -2.32. The summed E-state index contributed by atoms with van der Waals surface area (Å²) in [6.45, 7) is 1.80. The number of nitrogens with one attached hydrogen (secondary N) is 1. The Bertz CT molecular complexity index is 530. The van der Waals surface area contributed by atoms with Gasteiger partial charge in [-0.1, -0.05) is 0 Å². The van der Waals surface area contributed by atoms with Crippen LogP contribution in [0, 0.1) is 0 Å². The molecule has 1 aromatic rings. The highest BCUT2D eigenvalue weighted by molar-refractivity contribution is 7.89. The summed E-state index contributed by atoms with van der Waals surface area (Å²) in [4.78, 5) is 0.117. The average molecular weight is 303 g/mol. The zero-order valence-corrected chi connectivity index (χ0v) is 12.7. The van der Waals surface area contributed by atoms with Crippen LogP contribution in [0.1, 0.15) is 19.8 Å². The number of methoxy groups -OCH3 is 2. The van der Waals surface area contributed by atoms with Gasteiger partial charge in [0.05, 0.1) is 19.1 Å². The first kappa shape index (κ1) is 16.7. The van der Waals surface area contributed by atoms with Crippen LogP contribution in [0.4, 0.5) is 0 Å². The fourth-order valence-electron chi connectivity index (χ4n) is 1.77. The smallest absolute Gasteiger partial charge is 0.240 e. The number of benzene rings is 1. The van der Waals surface area contributed by atoms with Crippen molar-refractivity contribution < 1.29 is 23.0 Å². The molecule has 7 heteroatoms. The fourth-order valence-corrected chi connectivity index (χ4v) is 3.07. The van der Waals surface area contributed by atoms with Gasteiger partial charge in [-0.2, -0.15) is 0 Å². The van der Waals surface area contributed by atoms with Crippen LogP contribution in [0.2, 0.25) is 0 Å². The monoisotopic (exact) mass is 303 g/mol. The number of aliphatic hydroxyl groups excluding tert-OH is 1. The second-order valence-corrected chi connectivity index (χ2v) is 6.12. The maximum Gasteiger partial charge on any atom is 0.240 e.